The summed E-state index contributed by atoms with van der Waals surface area (Å²) >= 11 is 0. The predicted octanol–water partition coefficient (Wildman–Crippen LogP) is 7.59. The van der Waals surface area contributed by atoms with Crippen LogP contribution in [-0.2, 0) is 47.9 Å². The van der Waals surface area contributed by atoms with Gasteiger partial charge in [-0.2, -0.15) is 0 Å². The Morgan fingerprint density at radius 2 is 1.22 bits per heavy atom. The van der Waals surface area contributed by atoms with E-state index in [1.165, 1.54) is 0 Å². The fourth-order valence-electron chi connectivity index (χ4n) is 6.04. The van der Waals surface area contributed by atoms with Gasteiger partial charge in [0.15, 0.2) is 6.29 Å². The van der Waals surface area contributed by atoms with Crippen molar-refractivity contribution < 1.29 is 32.8 Å². The molecule has 5 atom stereocenters. The van der Waals surface area contributed by atoms with Crippen molar-refractivity contribution in [2.24, 2.45) is 0 Å². The van der Waals surface area contributed by atoms with Gasteiger partial charge in [0.25, 0.3) is 0 Å². The van der Waals surface area contributed by atoms with Crippen molar-refractivity contribution in [2.75, 3.05) is 20.3 Å². The second kappa shape index (κ2) is 19.0. The molecular formula is C41H50O7Si. The van der Waals surface area contributed by atoms with Gasteiger partial charge in [-0.3, -0.25) is 0 Å². The van der Waals surface area contributed by atoms with Gasteiger partial charge in [-0.25, -0.2) is 0 Å². The molecule has 0 unspecified atom stereocenters. The molecule has 260 valence electrons. The first-order valence-electron chi connectivity index (χ1n) is 17.1. The van der Waals surface area contributed by atoms with Gasteiger partial charge in [0.2, 0.25) is 8.32 Å². The predicted molar refractivity (Wildman–Crippen MR) is 195 cm³/mol. The third kappa shape index (κ3) is 10.7. The molecule has 4 aromatic rings. The van der Waals surface area contributed by atoms with Crippen LogP contribution in [0.15, 0.2) is 128 Å². The lowest BCUT2D eigenvalue weighted by atomic mass is 9.98. The Labute approximate surface area is 292 Å². The van der Waals surface area contributed by atoms with E-state index < -0.39 is 39.0 Å². The van der Waals surface area contributed by atoms with Crippen molar-refractivity contribution >= 4 is 13.5 Å². The molecule has 0 N–H and O–H groups in total. The molecule has 8 heteroatoms. The van der Waals surface area contributed by atoms with Crippen LogP contribution in [0.1, 0.15) is 29.5 Å². The van der Waals surface area contributed by atoms with E-state index in [4.69, 9.17) is 32.8 Å². The lowest BCUT2D eigenvalue weighted by Gasteiger charge is -2.48. The summed E-state index contributed by atoms with van der Waals surface area (Å²) < 4.78 is 46.3. The number of unbranched alkanes of at least 4 members (excludes halogenated alkanes) is 1. The molecule has 1 aliphatic rings. The SMILES string of the molecule is C=CCCCO[C@@H]1O[C@H](COCc2ccccc2)[C@@H](OCc2ccccc2)[C@H](OCc2ccccc2)[C@H]1O[Si](C)(C)c1ccccc1OC. The molecule has 0 aliphatic carbocycles. The van der Waals surface area contributed by atoms with Crippen LogP contribution in [0.4, 0.5) is 0 Å². The standard InChI is InChI=1S/C41H50O7Si/c1-5-6-18-27-44-41-40(48-49(3,4)37-26-17-16-25-35(37)42-2)39(46-30-34-23-14-9-15-24-34)38(45-29-33-21-12-8-13-22-33)36(47-41)31-43-28-32-19-10-7-11-20-32/h5,7-17,19-26,36,38-41H,1,6,18,27-31H2,2-4H3/t36-,38-,39+,40-,41-/m1/s1. The van der Waals surface area contributed by atoms with Crippen LogP contribution in [0.5, 0.6) is 5.75 Å². The molecule has 0 amide bonds. The first-order chi connectivity index (χ1) is 24.0. The molecule has 49 heavy (non-hydrogen) atoms. The zero-order valence-electron chi connectivity index (χ0n) is 28.9. The minimum absolute atomic E-state index is 0.284. The van der Waals surface area contributed by atoms with Crippen LogP contribution in [0.3, 0.4) is 0 Å². The Morgan fingerprint density at radius 1 is 0.673 bits per heavy atom. The minimum Gasteiger partial charge on any atom is -0.497 e. The minimum atomic E-state index is -2.65. The largest absolute Gasteiger partial charge is 0.497 e. The first kappa shape index (κ1) is 36.7. The summed E-state index contributed by atoms with van der Waals surface area (Å²) in [6, 6.07) is 38.5. The number of benzene rings is 4. The first-order valence-corrected chi connectivity index (χ1v) is 20.0. The number of hydrogen-bond acceptors (Lipinski definition) is 7. The lowest BCUT2D eigenvalue weighted by Crippen LogP contribution is -2.65. The third-order valence-corrected chi connectivity index (χ3v) is 11.1. The number of rotatable bonds is 19. The maximum atomic E-state index is 7.23. The maximum Gasteiger partial charge on any atom is 0.222 e. The van der Waals surface area contributed by atoms with E-state index in [1.54, 1.807) is 7.11 Å². The zero-order chi connectivity index (χ0) is 34.3. The Balaban J connectivity index is 1.50. The molecule has 1 saturated heterocycles. The van der Waals surface area contributed by atoms with Gasteiger partial charge in [0.05, 0.1) is 40.1 Å². The van der Waals surface area contributed by atoms with Gasteiger partial charge in [0.1, 0.15) is 30.2 Å². The zero-order valence-corrected chi connectivity index (χ0v) is 29.9. The van der Waals surface area contributed by atoms with Crippen LogP contribution in [0.25, 0.3) is 0 Å². The Kier molecular flexibility index (Phi) is 14.2. The van der Waals surface area contributed by atoms with Crippen LogP contribution < -0.4 is 9.92 Å². The van der Waals surface area contributed by atoms with Crippen LogP contribution in [-0.4, -0.2) is 59.3 Å². The van der Waals surface area contributed by atoms with Gasteiger partial charge < -0.3 is 32.8 Å². The molecule has 5 rings (SSSR count). The normalized spacial score (nSPS) is 20.9. The molecule has 0 bridgehead atoms. The van der Waals surface area contributed by atoms with E-state index in [1.807, 2.05) is 78.9 Å². The van der Waals surface area contributed by atoms with Crippen molar-refractivity contribution in [1.29, 1.82) is 0 Å². The molecule has 1 heterocycles. The maximum absolute atomic E-state index is 7.23. The van der Waals surface area contributed by atoms with E-state index >= 15 is 0 Å². The summed E-state index contributed by atoms with van der Waals surface area (Å²) in [5, 5.41) is 1.04. The van der Waals surface area contributed by atoms with E-state index in [0.29, 0.717) is 26.4 Å². The Hall–Kier alpha value is -3.60. The van der Waals surface area contributed by atoms with E-state index in [2.05, 4.69) is 62.1 Å². The third-order valence-electron chi connectivity index (χ3n) is 8.58. The van der Waals surface area contributed by atoms with Gasteiger partial charge in [0, 0.05) is 5.19 Å². The highest BCUT2D eigenvalue weighted by molar-refractivity contribution is 6.85. The lowest BCUT2D eigenvalue weighted by molar-refractivity contribution is -0.315. The summed E-state index contributed by atoms with van der Waals surface area (Å²) in [7, 11) is -0.962. The second-order valence-electron chi connectivity index (χ2n) is 12.7. The molecule has 0 spiro atoms. The van der Waals surface area contributed by atoms with E-state index in [0.717, 1.165) is 40.5 Å². The molecular weight excluding hydrogens is 633 g/mol. The molecule has 0 radical (unpaired) electrons. The monoisotopic (exact) mass is 682 g/mol. The number of hydrogen-bond donors (Lipinski definition) is 0. The highest BCUT2D eigenvalue weighted by atomic mass is 28.4. The highest BCUT2D eigenvalue weighted by Gasteiger charge is 2.51. The average Bonchev–Trinajstić information content (AvgIpc) is 3.14. The molecule has 0 aromatic heterocycles. The molecule has 1 fully saturated rings. The van der Waals surface area contributed by atoms with Gasteiger partial charge in [-0.05, 0) is 48.7 Å². The fraction of sp³-hybridized carbons (Fsp3) is 0.366. The van der Waals surface area contributed by atoms with Crippen molar-refractivity contribution in [3.05, 3.63) is 145 Å². The van der Waals surface area contributed by atoms with Crippen molar-refractivity contribution in [3.63, 3.8) is 0 Å². The topological polar surface area (TPSA) is 64.6 Å². The van der Waals surface area contributed by atoms with Crippen molar-refractivity contribution in [3.8, 4) is 5.75 Å². The van der Waals surface area contributed by atoms with Crippen molar-refractivity contribution in [2.45, 2.75) is 76.5 Å². The van der Waals surface area contributed by atoms with Crippen LogP contribution in [0.2, 0.25) is 13.1 Å². The fourth-order valence-corrected chi connectivity index (χ4v) is 8.37. The molecule has 0 saturated carbocycles. The molecule has 4 aromatic carbocycles. The summed E-state index contributed by atoms with van der Waals surface area (Å²) in [6.45, 7) is 10.2. The smallest absolute Gasteiger partial charge is 0.222 e. The number of ether oxygens (including phenoxy) is 6. The number of para-hydroxylation sites is 1. The molecule has 7 nitrogen and oxygen atoms in total. The van der Waals surface area contributed by atoms with Gasteiger partial charge in [-0.15, -0.1) is 6.58 Å². The number of methoxy groups -OCH3 is 1. The van der Waals surface area contributed by atoms with Crippen molar-refractivity contribution in [1.82, 2.24) is 0 Å². The quantitative estimate of drug-likeness (QED) is 0.0574. The summed E-state index contributed by atoms with van der Waals surface area (Å²) in [5.74, 6) is 0.796. The van der Waals surface area contributed by atoms with E-state index in [9.17, 15) is 0 Å². The summed E-state index contributed by atoms with van der Waals surface area (Å²) in [4.78, 5) is 0. The second-order valence-corrected chi connectivity index (χ2v) is 16.5. The summed E-state index contributed by atoms with van der Waals surface area (Å²) in [6.07, 6.45) is 0.639. The summed E-state index contributed by atoms with van der Waals surface area (Å²) in [5.41, 5.74) is 3.19. The van der Waals surface area contributed by atoms with Gasteiger partial charge in [-0.1, -0.05) is 115 Å². The highest BCUT2D eigenvalue weighted by Crippen LogP contribution is 2.33. The van der Waals surface area contributed by atoms with Gasteiger partial charge >= 0.3 is 0 Å². The molecule has 1 aliphatic heterocycles. The average molecular weight is 683 g/mol. The number of allylic oxidation sites excluding steroid dienone is 1. The Bertz CT molecular complexity index is 1520. The van der Waals surface area contributed by atoms with E-state index in [-0.39, 0.29) is 6.61 Å². The Morgan fingerprint density at radius 3 is 1.82 bits per heavy atom. The van der Waals surface area contributed by atoms with Crippen LogP contribution in [0, 0.1) is 0 Å². The van der Waals surface area contributed by atoms with Crippen LogP contribution >= 0.6 is 0 Å².